The van der Waals surface area contributed by atoms with Crippen LogP contribution in [0, 0.1) is 6.92 Å². The number of amides is 3. The first-order valence-corrected chi connectivity index (χ1v) is 9.80. The van der Waals surface area contributed by atoms with E-state index in [-0.39, 0.29) is 12.2 Å². The number of carbonyl (C=O) groups excluding carboxylic acids is 2. The lowest BCUT2D eigenvalue weighted by molar-refractivity contribution is -0.123. The zero-order valence-corrected chi connectivity index (χ0v) is 17.4. The highest BCUT2D eigenvalue weighted by molar-refractivity contribution is 6.32. The molecule has 0 atom stereocenters. The Balaban J connectivity index is 1.88. The molecule has 6 nitrogen and oxygen atoms in total. The number of imide groups is 1. The van der Waals surface area contributed by atoms with Crippen LogP contribution in [0.1, 0.15) is 30.5 Å². The summed E-state index contributed by atoms with van der Waals surface area (Å²) < 4.78 is 11.2. The van der Waals surface area contributed by atoms with Crippen molar-refractivity contribution in [1.82, 2.24) is 10.2 Å². The van der Waals surface area contributed by atoms with Crippen LogP contribution in [0.3, 0.4) is 0 Å². The van der Waals surface area contributed by atoms with Crippen LogP contribution in [0.15, 0.2) is 42.1 Å². The second-order valence-corrected chi connectivity index (χ2v) is 6.96. The fourth-order valence-corrected chi connectivity index (χ4v) is 3.27. The lowest BCUT2D eigenvalue weighted by Crippen LogP contribution is -2.30. The van der Waals surface area contributed by atoms with Gasteiger partial charge in [-0.3, -0.25) is 9.69 Å². The topological polar surface area (TPSA) is 67.9 Å². The van der Waals surface area contributed by atoms with Gasteiger partial charge in [-0.1, -0.05) is 41.4 Å². The SMILES string of the molecule is CCOc1cc(Cl)c(/C=C2/NC(=O)N(Cc3cccc(C)c3)C2=O)cc1OCC. The maximum absolute atomic E-state index is 12.8. The van der Waals surface area contributed by atoms with Crippen LogP contribution in [-0.2, 0) is 11.3 Å². The number of urea groups is 1. The highest BCUT2D eigenvalue weighted by Gasteiger charge is 2.33. The van der Waals surface area contributed by atoms with Crippen LogP contribution in [-0.4, -0.2) is 30.1 Å². The summed E-state index contributed by atoms with van der Waals surface area (Å²) in [5.74, 6) is 0.655. The van der Waals surface area contributed by atoms with E-state index in [0.29, 0.717) is 35.3 Å². The van der Waals surface area contributed by atoms with Crippen LogP contribution in [0.5, 0.6) is 11.5 Å². The van der Waals surface area contributed by atoms with E-state index in [4.69, 9.17) is 21.1 Å². The number of benzene rings is 2. The fourth-order valence-electron chi connectivity index (χ4n) is 3.06. The molecule has 0 spiro atoms. The van der Waals surface area contributed by atoms with Crippen LogP contribution in [0.2, 0.25) is 5.02 Å². The van der Waals surface area contributed by atoms with Crippen molar-refractivity contribution >= 4 is 29.6 Å². The number of ether oxygens (including phenoxy) is 2. The van der Waals surface area contributed by atoms with Gasteiger partial charge in [0, 0.05) is 6.07 Å². The second-order valence-electron chi connectivity index (χ2n) is 6.55. The molecule has 2 aromatic rings. The lowest BCUT2D eigenvalue weighted by Gasteiger charge is -2.13. The molecule has 152 valence electrons. The Bertz CT molecular complexity index is 971. The van der Waals surface area contributed by atoms with Gasteiger partial charge in [0.1, 0.15) is 5.70 Å². The Labute approximate surface area is 175 Å². The van der Waals surface area contributed by atoms with E-state index in [1.165, 1.54) is 4.90 Å². The monoisotopic (exact) mass is 414 g/mol. The second kappa shape index (κ2) is 9.01. The summed E-state index contributed by atoms with van der Waals surface area (Å²) in [6, 6.07) is 10.6. The van der Waals surface area contributed by atoms with Gasteiger partial charge in [0.15, 0.2) is 11.5 Å². The Hall–Kier alpha value is -2.99. The summed E-state index contributed by atoms with van der Waals surface area (Å²) in [4.78, 5) is 26.3. The van der Waals surface area contributed by atoms with Crippen molar-refractivity contribution in [2.45, 2.75) is 27.3 Å². The zero-order valence-electron chi connectivity index (χ0n) is 16.6. The van der Waals surface area contributed by atoms with E-state index in [1.807, 2.05) is 45.0 Å². The first-order valence-electron chi connectivity index (χ1n) is 9.42. The van der Waals surface area contributed by atoms with Crippen LogP contribution >= 0.6 is 11.6 Å². The van der Waals surface area contributed by atoms with E-state index >= 15 is 0 Å². The third kappa shape index (κ3) is 4.71. The van der Waals surface area contributed by atoms with Gasteiger partial charge in [0.2, 0.25) is 0 Å². The summed E-state index contributed by atoms with van der Waals surface area (Å²) >= 11 is 6.37. The number of nitrogens with one attached hydrogen (secondary N) is 1. The number of halogens is 1. The summed E-state index contributed by atoms with van der Waals surface area (Å²) in [5.41, 5.74) is 2.67. The molecule has 1 aliphatic rings. The molecule has 0 aliphatic carbocycles. The van der Waals surface area contributed by atoms with Crippen molar-refractivity contribution in [3.63, 3.8) is 0 Å². The van der Waals surface area contributed by atoms with Crippen molar-refractivity contribution < 1.29 is 19.1 Å². The van der Waals surface area contributed by atoms with E-state index < -0.39 is 11.9 Å². The first kappa shape index (κ1) is 20.7. The predicted molar refractivity (Wildman–Crippen MR) is 112 cm³/mol. The van der Waals surface area contributed by atoms with Crippen molar-refractivity contribution in [3.8, 4) is 11.5 Å². The van der Waals surface area contributed by atoms with E-state index in [1.54, 1.807) is 18.2 Å². The molecule has 1 saturated heterocycles. The van der Waals surface area contributed by atoms with Crippen LogP contribution in [0.4, 0.5) is 4.79 Å². The van der Waals surface area contributed by atoms with Crippen molar-refractivity contribution in [3.05, 3.63) is 63.8 Å². The average molecular weight is 415 g/mol. The highest BCUT2D eigenvalue weighted by atomic mass is 35.5. The molecular weight excluding hydrogens is 392 g/mol. The number of carbonyl (C=O) groups is 2. The molecule has 0 aromatic heterocycles. The smallest absolute Gasteiger partial charge is 0.329 e. The van der Waals surface area contributed by atoms with E-state index in [2.05, 4.69) is 5.32 Å². The molecule has 0 radical (unpaired) electrons. The van der Waals surface area contributed by atoms with Gasteiger partial charge in [-0.15, -0.1) is 0 Å². The fraction of sp³-hybridized carbons (Fsp3) is 0.273. The summed E-state index contributed by atoms with van der Waals surface area (Å²) in [7, 11) is 0. The van der Waals surface area contributed by atoms with Gasteiger partial charge >= 0.3 is 6.03 Å². The molecule has 2 aromatic carbocycles. The molecule has 7 heteroatoms. The molecule has 3 rings (SSSR count). The minimum Gasteiger partial charge on any atom is -0.490 e. The quantitative estimate of drug-likeness (QED) is 0.533. The lowest BCUT2D eigenvalue weighted by atomic mass is 10.1. The van der Waals surface area contributed by atoms with Crippen molar-refractivity contribution in [1.29, 1.82) is 0 Å². The van der Waals surface area contributed by atoms with Crippen molar-refractivity contribution in [2.24, 2.45) is 0 Å². The summed E-state index contributed by atoms with van der Waals surface area (Å²) in [6.45, 7) is 6.83. The molecule has 1 N–H and O–H groups in total. The van der Waals surface area contributed by atoms with Gasteiger partial charge in [0.25, 0.3) is 5.91 Å². The van der Waals surface area contributed by atoms with Gasteiger partial charge < -0.3 is 14.8 Å². The van der Waals surface area contributed by atoms with Crippen LogP contribution in [0.25, 0.3) is 6.08 Å². The Morgan fingerprint density at radius 1 is 1.07 bits per heavy atom. The summed E-state index contributed by atoms with van der Waals surface area (Å²) in [6.07, 6.45) is 1.55. The Morgan fingerprint density at radius 3 is 2.41 bits per heavy atom. The third-order valence-corrected chi connectivity index (χ3v) is 4.68. The molecule has 1 aliphatic heterocycles. The molecule has 0 bridgehead atoms. The van der Waals surface area contributed by atoms with Gasteiger partial charge in [-0.25, -0.2) is 4.79 Å². The maximum atomic E-state index is 12.8. The molecule has 29 heavy (non-hydrogen) atoms. The third-order valence-electron chi connectivity index (χ3n) is 4.35. The maximum Gasteiger partial charge on any atom is 0.329 e. The minimum absolute atomic E-state index is 0.163. The number of rotatable bonds is 7. The number of aryl methyl sites for hydroxylation is 1. The highest BCUT2D eigenvalue weighted by Crippen LogP contribution is 2.35. The average Bonchev–Trinajstić information content (AvgIpc) is 2.93. The Kier molecular flexibility index (Phi) is 6.44. The number of hydrogen-bond acceptors (Lipinski definition) is 4. The first-order chi connectivity index (χ1) is 13.9. The van der Waals surface area contributed by atoms with Gasteiger partial charge in [-0.05, 0) is 44.0 Å². The standard InChI is InChI=1S/C22H23ClN2O4/c1-4-28-19-11-16(17(23)12-20(19)29-5-2)10-18-21(26)25(22(27)24-18)13-15-8-6-7-14(3)9-15/h6-12H,4-5,13H2,1-3H3,(H,24,27)/b18-10+. The van der Waals surface area contributed by atoms with Gasteiger partial charge in [-0.2, -0.15) is 0 Å². The zero-order chi connectivity index (χ0) is 21.0. The predicted octanol–water partition coefficient (Wildman–Crippen LogP) is 4.54. The number of nitrogens with zero attached hydrogens (tertiary/aromatic N) is 1. The largest absolute Gasteiger partial charge is 0.490 e. The normalized spacial score (nSPS) is 15.0. The van der Waals surface area contributed by atoms with Gasteiger partial charge in [0.05, 0.1) is 24.8 Å². The number of hydrogen-bond donors (Lipinski definition) is 1. The molecule has 0 unspecified atom stereocenters. The van der Waals surface area contributed by atoms with Crippen LogP contribution < -0.4 is 14.8 Å². The molecule has 3 amide bonds. The molecular formula is C22H23ClN2O4. The molecule has 1 heterocycles. The molecule has 0 saturated carbocycles. The minimum atomic E-state index is -0.463. The van der Waals surface area contributed by atoms with E-state index in [0.717, 1.165) is 11.1 Å². The Morgan fingerprint density at radius 2 is 1.76 bits per heavy atom. The molecule has 1 fully saturated rings. The summed E-state index contributed by atoms with van der Waals surface area (Å²) in [5, 5.41) is 3.02. The van der Waals surface area contributed by atoms with Crippen molar-refractivity contribution in [2.75, 3.05) is 13.2 Å². The van der Waals surface area contributed by atoms with E-state index in [9.17, 15) is 9.59 Å².